The summed E-state index contributed by atoms with van der Waals surface area (Å²) >= 11 is 0. The molecule has 0 aliphatic carbocycles. The molecule has 0 amide bonds. The van der Waals surface area contributed by atoms with E-state index in [9.17, 15) is 8.42 Å². The average Bonchev–Trinajstić information content (AvgIpc) is 1.31. The van der Waals surface area contributed by atoms with Crippen LogP contribution in [0, 0.1) is 0 Å². The molecule has 0 aliphatic rings. The van der Waals surface area contributed by atoms with Crippen LogP contribution in [0.1, 0.15) is 0 Å². The second-order valence-electron chi connectivity index (χ2n) is 1.09. The van der Waals surface area contributed by atoms with E-state index in [1.807, 2.05) is 9.39 Å². The Bertz CT molecular complexity index is 138. The van der Waals surface area contributed by atoms with Gasteiger partial charge < -0.3 is 0 Å². The van der Waals surface area contributed by atoms with Gasteiger partial charge in [-0.05, 0) is 9.39 Å². The van der Waals surface area contributed by atoms with Crippen molar-refractivity contribution in [2.75, 3.05) is 6.26 Å². The van der Waals surface area contributed by atoms with Gasteiger partial charge in [0.1, 0.15) is 0 Å². The molecule has 6 heteroatoms. The van der Waals surface area contributed by atoms with Crippen molar-refractivity contribution in [3.8, 4) is 0 Å². The van der Waals surface area contributed by atoms with Crippen molar-refractivity contribution >= 4 is 19.4 Å². The second-order valence-corrected chi connectivity index (χ2v) is 3.91. The van der Waals surface area contributed by atoms with E-state index in [2.05, 4.69) is 0 Å². The van der Waals surface area contributed by atoms with Crippen LogP contribution < -0.4 is 5.84 Å². The molecule has 0 aromatic heterocycles. The van der Waals surface area contributed by atoms with Crippen LogP contribution in [0.15, 0.2) is 0 Å². The zero-order valence-corrected chi connectivity index (χ0v) is 5.80. The minimum absolute atomic E-state index is 0.576. The van der Waals surface area contributed by atoms with Crippen LogP contribution >= 0.6 is 9.39 Å². The van der Waals surface area contributed by atoms with Gasteiger partial charge in [-0.25, -0.2) is 8.42 Å². The van der Waals surface area contributed by atoms with Crippen molar-refractivity contribution in [2.24, 2.45) is 5.84 Å². The SMILES string of the molecule is CS(=O)(=O)N(N)P. The first kappa shape index (κ1) is 7.30. The van der Waals surface area contributed by atoms with Crippen molar-refractivity contribution in [2.45, 2.75) is 0 Å². The zero-order valence-electron chi connectivity index (χ0n) is 3.83. The van der Waals surface area contributed by atoms with Gasteiger partial charge in [0.25, 0.3) is 0 Å². The third kappa shape index (κ3) is 2.93. The number of rotatable bonds is 1. The molecule has 0 rings (SSSR count). The summed E-state index contributed by atoms with van der Waals surface area (Å²) in [5.74, 6) is 4.78. The first-order valence-corrected chi connectivity index (χ1v) is 3.81. The Hall–Kier alpha value is 0.300. The highest BCUT2D eigenvalue weighted by Crippen LogP contribution is 1.93. The molecule has 0 bridgehead atoms. The van der Waals surface area contributed by atoms with Crippen LogP contribution in [0.5, 0.6) is 0 Å². The van der Waals surface area contributed by atoms with Crippen LogP contribution in [-0.2, 0) is 10.0 Å². The van der Waals surface area contributed by atoms with Gasteiger partial charge in [0.15, 0.2) is 0 Å². The predicted octanol–water partition coefficient (Wildman–Crippen LogP) is -1.09. The lowest BCUT2D eigenvalue weighted by Crippen LogP contribution is -2.25. The highest BCUT2D eigenvalue weighted by molar-refractivity contribution is 7.91. The Kier molecular flexibility index (Phi) is 2.13. The molecule has 1 unspecified atom stereocenters. The van der Waals surface area contributed by atoms with Gasteiger partial charge >= 0.3 is 0 Å². The number of hydrogen-bond acceptors (Lipinski definition) is 3. The Morgan fingerprint density at radius 2 is 1.86 bits per heavy atom. The lowest BCUT2D eigenvalue weighted by atomic mass is 12.0. The molecule has 7 heavy (non-hydrogen) atoms. The Morgan fingerprint density at radius 1 is 1.71 bits per heavy atom. The fourth-order valence-electron chi connectivity index (χ4n) is 0. The third-order valence-electron chi connectivity index (χ3n) is 0.383. The molecule has 0 aromatic rings. The molecule has 0 aliphatic heterocycles. The molecule has 0 radical (unpaired) electrons. The molecule has 0 heterocycles. The predicted molar refractivity (Wildman–Crippen MR) is 30.6 cm³/mol. The summed E-state index contributed by atoms with van der Waals surface area (Å²) in [6, 6.07) is 0. The first-order chi connectivity index (χ1) is 2.94. The van der Waals surface area contributed by atoms with Gasteiger partial charge in [0.05, 0.1) is 6.26 Å². The number of hydrogen-bond donors (Lipinski definition) is 1. The molecular formula is CH7N2O2PS. The van der Waals surface area contributed by atoms with E-state index in [4.69, 9.17) is 5.84 Å². The summed E-state index contributed by atoms with van der Waals surface area (Å²) in [7, 11) is -1.34. The summed E-state index contributed by atoms with van der Waals surface area (Å²) in [5, 5.41) is 0. The number of nitrogens with two attached hydrogens (primary N) is 1. The lowest BCUT2D eigenvalue weighted by Gasteiger charge is -2.02. The number of nitrogens with zero attached hydrogens (tertiary/aromatic N) is 1. The molecule has 0 aromatic carbocycles. The van der Waals surface area contributed by atoms with Gasteiger partial charge in [0.2, 0.25) is 10.0 Å². The summed E-state index contributed by atoms with van der Waals surface area (Å²) in [4.78, 5) is 0. The maximum absolute atomic E-state index is 10.1. The maximum atomic E-state index is 10.1. The summed E-state index contributed by atoms with van der Waals surface area (Å²) in [6.07, 6.45) is 1.01. The first-order valence-electron chi connectivity index (χ1n) is 1.44. The quantitative estimate of drug-likeness (QED) is 0.287. The van der Waals surface area contributed by atoms with Gasteiger partial charge in [0, 0.05) is 0 Å². The Labute approximate surface area is 45.0 Å². The van der Waals surface area contributed by atoms with Crippen LogP contribution in [-0.4, -0.2) is 18.9 Å². The van der Waals surface area contributed by atoms with E-state index < -0.39 is 10.0 Å². The summed E-state index contributed by atoms with van der Waals surface area (Å²) in [5.41, 5.74) is 0. The molecular weight excluding hydrogens is 135 g/mol. The standard InChI is InChI=1S/CH7N2O2PS/c1-7(4,5)3(2)6/h2,6H2,1H3. The van der Waals surface area contributed by atoms with E-state index >= 15 is 0 Å². The molecule has 0 fully saturated rings. The van der Waals surface area contributed by atoms with Crippen LogP contribution in [0.3, 0.4) is 0 Å². The largest absolute Gasteiger partial charge is 0.252 e. The van der Waals surface area contributed by atoms with Gasteiger partial charge in [-0.15, -0.1) is 4.18 Å². The minimum Gasteiger partial charge on any atom is -0.252 e. The molecule has 0 saturated heterocycles. The summed E-state index contributed by atoms with van der Waals surface area (Å²) in [6.45, 7) is 0. The van der Waals surface area contributed by atoms with E-state index in [1.165, 1.54) is 0 Å². The number of hydrazine groups is 1. The van der Waals surface area contributed by atoms with Crippen molar-refractivity contribution in [1.82, 2.24) is 4.18 Å². The summed E-state index contributed by atoms with van der Waals surface area (Å²) < 4.78 is 20.8. The zero-order chi connectivity index (χ0) is 6.08. The molecule has 0 saturated carbocycles. The van der Waals surface area contributed by atoms with Crippen molar-refractivity contribution < 1.29 is 8.42 Å². The number of sulfonamides is 1. The van der Waals surface area contributed by atoms with Gasteiger partial charge in [-0.1, -0.05) is 0 Å². The maximum Gasteiger partial charge on any atom is 0.226 e. The normalized spacial score (nSPS) is 12.6. The minimum atomic E-state index is -3.17. The van der Waals surface area contributed by atoms with Crippen molar-refractivity contribution in [1.29, 1.82) is 0 Å². The third-order valence-corrected chi connectivity index (χ3v) is 2.30. The fraction of sp³-hybridized carbons (Fsp3) is 1.00. The Morgan fingerprint density at radius 3 is 1.86 bits per heavy atom. The highest BCUT2D eigenvalue weighted by Gasteiger charge is 2.02. The van der Waals surface area contributed by atoms with E-state index in [1.54, 1.807) is 0 Å². The second kappa shape index (κ2) is 2.05. The lowest BCUT2D eigenvalue weighted by molar-refractivity contribution is 0.557. The molecule has 1 atom stereocenters. The molecule has 4 nitrogen and oxygen atoms in total. The molecule has 2 N–H and O–H groups in total. The highest BCUT2D eigenvalue weighted by atomic mass is 32.2. The van der Waals surface area contributed by atoms with E-state index in [-0.39, 0.29) is 0 Å². The van der Waals surface area contributed by atoms with E-state index in [0.29, 0.717) is 4.18 Å². The average molecular weight is 142 g/mol. The monoisotopic (exact) mass is 142 g/mol. The van der Waals surface area contributed by atoms with Gasteiger partial charge in [-0.2, -0.15) is 0 Å². The van der Waals surface area contributed by atoms with Crippen molar-refractivity contribution in [3.63, 3.8) is 0 Å². The van der Waals surface area contributed by atoms with Crippen molar-refractivity contribution in [3.05, 3.63) is 0 Å². The molecule has 44 valence electrons. The molecule has 0 spiro atoms. The van der Waals surface area contributed by atoms with Crippen LogP contribution in [0.2, 0.25) is 0 Å². The smallest absolute Gasteiger partial charge is 0.226 e. The van der Waals surface area contributed by atoms with Crippen LogP contribution in [0.25, 0.3) is 0 Å². The van der Waals surface area contributed by atoms with Crippen LogP contribution in [0.4, 0.5) is 0 Å². The Balaban J connectivity index is 4.10. The topological polar surface area (TPSA) is 63.4 Å². The van der Waals surface area contributed by atoms with E-state index in [0.717, 1.165) is 6.26 Å². The van der Waals surface area contributed by atoms with Gasteiger partial charge in [-0.3, -0.25) is 5.84 Å². The fourth-order valence-corrected chi connectivity index (χ4v) is 0.